The molecule has 0 spiro atoms. The van der Waals surface area contributed by atoms with Gasteiger partial charge in [0.2, 0.25) is 0 Å². The van der Waals surface area contributed by atoms with Gasteiger partial charge >= 0.3 is 5.97 Å². The summed E-state index contributed by atoms with van der Waals surface area (Å²) in [6, 6.07) is 12.4. The van der Waals surface area contributed by atoms with Crippen LogP contribution >= 0.6 is 0 Å². The Kier molecular flexibility index (Phi) is 5.38. The molecular formula is C18H23NO2. The van der Waals surface area contributed by atoms with Gasteiger partial charge in [-0.05, 0) is 31.7 Å². The molecule has 1 aromatic rings. The Morgan fingerprint density at radius 2 is 1.95 bits per heavy atom. The van der Waals surface area contributed by atoms with Crippen LogP contribution in [0.15, 0.2) is 30.3 Å². The van der Waals surface area contributed by atoms with E-state index < -0.39 is 5.92 Å². The fraction of sp³-hybridized carbons (Fsp3) is 0.556. The number of nitriles is 1. The summed E-state index contributed by atoms with van der Waals surface area (Å²) in [6.45, 7) is 2.12. The number of esters is 1. The van der Waals surface area contributed by atoms with Crippen molar-refractivity contribution in [1.29, 1.82) is 5.26 Å². The zero-order valence-electron chi connectivity index (χ0n) is 12.7. The summed E-state index contributed by atoms with van der Waals surface area (Å²) in [5, 5.41) is 9.57. The Morgan fingerprint density at radius 3 is 2.52 bits per heavy atom. The molecule has 0 aliphatic heterocycles. The summed E-state index contributed by atoms with van der Waals surface area (Å²) in [5.41, 5.74) is 0.935. The fourth-order valence-electron chi connectivity index (χ4n) is 3.49. The molecule has 0 heterocycles. The summed E-state index contributed by atoms with van der Waals surface area (Å²) in [5.74, 6) is -1.00. The predicted molar refractivity (Wildman–Crippen MR) is 81.4 cm³/mol. The molecule has 0 N–H and O–H groups in total. The number of carbonyl (C=O) groups excluding carboxylic acids is 1. The average molecular weight is 285 g/mol. The van der Waals surface area contributed by atoms with E-state index in [9.17, 15) is 10.1 Å². The van der Waals surface area contributed by atoms with Gasteiger partial charge in [-0.2, -0.15) is 5.26 Å². The molecule has 3 nitrogen and oxygen atoms in total. The van der Waals surface area contributed by atoms with E-state index in [1.54, 1.807) is 6.92 Å². The molecule has 21 heavy (non-hydrogen) atoms. The van der Waals surface area contributed by atoms with Gasteiger partial charge in [-0.3, -0.25) is 4.79 Å². The summed E-state index contributed by atoms with van der Waals surface area (Å²) >= 11 is 0. The van der Waals surface area contributed by atoms with Gasteiger partial charge in [-0.25, -0.2) is 0 Å². The summed E-state index contributed by atoms with van der Waals surface area (Å²) in [6.07, 6.45) is 6.01. The van der Waals surface area contributed by atoms with Crippen molar-refractivity contribution < 1.29 is 9.53 Å². The van der Waals surface area contributed by atoms with Gasteiger partial charge in [0.25, 0.3) is 0 Å². The number of hydrogen-bond acceptors (Lipinski definition) is 3. The third-order valence-electron chi connectivity index (χ3n) is 4.51. The smallest absolute Gasteiger partial charge is 0.323 e. The molecule has 3 heteroatoms. The largest absolute Gasteiger partial charge is 0.465 e. The van der Waals surface area contributed by atoms with Crippen LogP contribution in [0.3, 0.4) is 0 Å². The number of benzene rings is 1. The molecule has 112 valence electrons. The average Bonchev–Trinajstić information content (AvgIpc) is 2.50. The first kappa shape index (κ1) is 15.6. The second-order valence-corrected chi connectivity index (χ2v) is 5.90. The highest BCUT2D eigenvalue weighted by Crippen LogP contribution is 2.45. The Morgan fingerprint density at radius 1 is 1.29 bits per heavy atom. The fourth-order valence-corrected chi connectivity index (χ4v) is 3.49. The number of carbonyl (C=O) groups is 1. The van der Waals surface area contributed by atoms with Crippen LogP contribution in [0.5, 0.6) is 0 Å². The maximum atomic E-state index is 12.2. The molecule has 1 fully saturated rings. The van der Waals surface area contributed by atoms with Gasteiger partial charge in [0.15, 0.2) is 0 Å². The topological polar surface area (TPSA) is 50.1 Å². The van der Waals surface area contributed by atoms with E-state index in [-0.39, 0.29) is 11.4 Å². The zero-order valence-corrected chi connectivity index (χ0v) is 12.7. The quantitative estimate of drug-likeness (QED) is 0.771. The highest BCUT2D eigenvalue weighted by molar-refractivity contribution is 5.76. The Labute approximate surface area is 126 Å². The van der Waals surface area contributed by atoms with Crippen LogP contribution in [0.1, 0.15) is 44.6 Å². The lowest BCUT2D eigenvalue weighted by molar-refractivity contribution is -0.151. The van der Waals surface area contributed by atoms with Gasteiger partial charge in [-0.15, -0.1) is 0 Å². The van der Waals surface area contributed by atoms with Crippen LogP contribution in [0.25, 0.3) is 0 Å². The first-order chi connectivity index (χ1) is 10.2. The zero-order chi connectivity index (χ0) is 15.1. The molecule has 1 aromatic carbocycles. The SMILES string of the molecule is CCOC(=O)C(C#N)C1(Cc2ccccc2)CCCCC1. The molecule has 0 radical (unpaired) electrons. The minimum absolute atomic E-state index is 0.263. The van der Waals surface area contributed by atoms with Crippen LogP contribution in [0, 0.1) is 22.7 Å². The molecule has 0 aromatic heterocycles. The normalized spacial score (nSPS) is 18.5. The van der Waals surface area contributed by atoms with Crippen molar-refractivity contribution in [3.63, 3.8) is 0 Å². The molecule has 1 unspecified atom stereocenters. The molecule has 0 saturated heterocycles. The minimum Gasteiger partial charge on any atom is -0.465 e. The van der Waals surface area contributed by atoms with Gasteiger partial charge in [0, 0.05) is 5.41 Å². The number of hydrogen-bond donors (Lipinski definition) is 0. The molecule has 1 atom stereocenters. The van der Waals surface area contributed by atoms with Gasteiger partial charge in [0.1, 0.15) is 5.92 Å². The molecule has 1 aliphatic carbocycles. The summed E-state index contributed by atoms with van der Waals surface area (Å²) in [7, 11) is 0. The minimum atomic E-state index is -0.655. The van der Waals surface area contributed by atoms with Gasteiger partial charge in [-0.1, -0.05) is 49.6 Å². The van der Waals surface area contributed by atoms with E-state index >= 15 is 0 Å². The molecular weight excluding hydrogens is 262 g/mol. The standard InChI is InChI=1S/C18H23NO2/c1-2-21-17(20)16(14-19)18(11-7-4-8-12-18)13-15-9-5-3-6-10-15/h3,5-6,9-10,16H,2,4,7-8,11-13H2,1H3. The van der Waals surface area contributed by atoms with Gasteiger partial charge < -0.3 is 4.74 Å². The lowest BCUT2D eigenvalue weighted by Crippen LogP contribution is -2.39. The molecule has 2 rings (SSSR count). The highest BCUT2D eigenvalue weighted by Gasteiger charge is 2.44. The predicted octanol–water partition coefficient (Wildman–Crippen LogP) is 3.88. The summed E-state index contributed by atoms with van der Waals surface area (Å²) < 4.78 is 5.15. The van der Waals surface area contributed by atoms with E-state index in [0.717, 1.165) is 32.1 Å². The second kappa shape index (κ2) is 7.26. The Bertz CT molecular complexity index is 498. The van der Waals surface area contributed by atoms with Crippen LogP contribution in [0.2, 0.25) is 0 Å². The second-order valence-electron chi connectivity index (χ2n) is 5.90. The van der Waals surface area contributed by atoms with E-state index in [4.69, 9.17) is 4.74 Å². The lowest BCUT2D eigenvalue weighted by atomic mass is 9.63. The van der Waals surface area contributed by atoms with Crippen LogP contribution < -0.4 is 0 Å². The van der Waals surface area contributed by atoms with Crippen LogP contribution in [-0.2, 0) is 16.0 Å². The molecule has 0 amide bonds. The van der Waals surface area contributed by atoms with Crippen molar-refractivity contribution in [3.8, 4) is 6.07 Å². The van der Waals surface area contributed by atoms with Crippen LogP contribution in [0.4, 0.5) is 0 Å². The maximum Gasteiger partial charge on any atom is 0.323 e. The first-order valence-electron chi connectivity index (χ1n) is 7.82. The molecule has 1 saturated carbocycles. The maximum absolute atomic E-state index is 12.2. The molecule has 1 aliphatic rings. The van der Waals surface area contributed by atoms with Crippen LogP contribution in [-0.4, -0.2) is 12.6 Å². The van der Waals surface area contributed by atoms with Crippen molar-refractivity contribution in [2.24, 2.45) is 11.3 Å². The van der Waals surface area contributed by atoms with Crippen molar-refractivity contribution in [2.45, 2.75) is 45.4 Å². The van der Waals surface area contributed by atoms with E-state index in [2.05, 4.69) is 18.2 Å². The van der Waals surface area contributed by atoms with Gasteiger partial charge in [0.05, 0.1) is 12.7 Å². The Balaban J connectivity index is 2.27. The van der Waals surface area contributed by atoms with E-state index in [1.165, 1.54) is 12.0 Å². The van der Waals surface area contributed by atoms with Crippen molar-refractivity contribution in [1.82, 2.24) is 0 Å². The Hall–Kier alpha value is -1.82. The van der Waals surface area contributed by atoms with Crippen molar-refractivity contribution in [3.05, 3.63) is 35.9 Å². The highest BCUT2D eigenvalue weighted by atomic mass is 16.5. The third-order valence-corrected chi connectivity index (χ3v) is 4.51. The van der Waals surface area contributed by atoms with E-state index in [0.29, 0.717) is 6.61 Å². The number of rotatable bonds is 5. The first-order valence-corrected chi connectivity index (χ1v) is 7.82. The summed E-state index contributed by atoms with van der Waals surface area (Å²) in [4.78, 5) is 12.2. The van der Waals surface area contributed by atoms with Crippen molar-refractivity contribution >= 4 is 5.97 Å². The monoisotopic (exact) mass is 285 g/mol. The lowest BCUT2D eigenvalue weighted by Gasteiger charge is -2.39. The number of ether oxygens (including phenoxy) is 1. The third kappa shape index (κ3) is 3.64. The van der Waals surface area contributed by atoms with E-state index in [1.807, 2.05) is 18.2 Å². The van der Waals surface area contributed by atoms with Crippen molar-refractivity contribution in [2.75, 3.05) is 6.61 Å². The molecule has 0 bridgehead atoms. The number of nitrogens with zero attached hydrogens (tertiary/aromatic N) is 1.